The lowest BCUT2D eigenvalue weighted by atomic mass is 9.93. The number of benzene rings is 2. The van der Waals surface area contributed by atoms with Crippen LogP contribution in [0.1, 0.15) is 63.3 Å². The molecule has 0 saturated heterocycles. The topological polar surface area (TPSA) is 96.6 Å². The number of para-hydroxylation sites is 2. The first-order valence-electron chi connectivity index (χ1n) is 11.8. The summed E-state index contributed by atoms with van der Waals surface area (Å²) in [6, 6.07) is 18.9. The van der Waals surface area contributed by atoms with Gasteiger partial charge in [-0.1, -0.05) is 49.4 Å². The van der Waals surface area contributed by atoms with E-state index in [9.17, 15) is 9.59 Å². The van der Waals surface area contributed by atoms with Gasteiger partial charge in [0.25, 0.3) is 11.8 Å². The average molecular weight is 467 g/mol. The van der Waals surface area contributed by atoms with Gasteiger partial charge in [-0.05, 0) is 49.9 Å². The smallest absolute Gasteiger partial charge is 0.291 e. The van der Waals surface area contributed by atoms with Crippen molar-refractivity contribution in [3.05, 3.63) is 94.6 Å². The molecule has 7 nitrogen and oxygen atoms in total. The van der Waals surface area contributed by atoms with E-state index in [0.717, 1.165) is 51.9 Å². The lowest BCUT2D eigenvalue weighted by Crippen LogP contribution is -2.23. The summed E-state index contributed by atoms with van der Waals surface area (Å²) >= 11 is 0. The number of pyridine rings is 1. The van der Waals surface area contributed by atoms with Crippen molar-refractivity contribution in [1.29, 1.82) is 0 Å². The van der Waals surface area contributed by atoms with E-state index >= 15 is 0 Å². The second-order valence-corrected chi connectivity index (χ2v) is 8.56. The fourth-order valence-electron chi connectivity index (χ4n) is 4.49. The van der Waals surface area contributed by atoms with Crippen molar-refractivity contribution in [3.8, 4) is 0 Å². The predicted molar refractivity (Wildman–Crippen MR) is 136 cm³/mol. The Morgan fingerprint density at radius 2 is 1.80 bits per heavy atom. The molecule has 2 heterocycles. The number of hydrogen-bond donors (Lipinski definition) is 2. The van der Waals surface area contributed by atoms with Crippen LogP contribution in [0.4, 0.5) is 5.69 Å². The molecule has 0 bridgehead atoms. The number of rotatable bonds is 5. The number of carbonyl (C=O) groups excluding carboxylic acids is 2. The van der Waals surface area contributed by atoms with Gasteiger partial charge in [-0.15, -0.1) is 0 Å². The Bertz CT molecular complexity index is 1470. The maximum absolute atomic E-state index is 13.1. The predicted octanol–water partition coefficient (Wildman–Crippen LogP) is 5.42. The van der Waals surface area contributed by atoms with Gasteiger partial charge in [0.05, 0.1) is 11.2 Å². The van der Waals surface area contributed by atoms with Gasteiger partial charge < -0.3 is 9.73 Å². The average Bonchev–Trinajstić information content (AvgIpc) is 3.24. The third-order valence-electron chi connectivity index (χ3n) is 6.30. The van der Waals surface area contributed by atoms with Gasteiger partial charge in [-0.3, -0.25) is 9.59 Å². The Hall–Kier alpha value is -4.26. The van der Waals surface area contributed by atoms with E-state index in [1.165, 1.54) is 0 Å². The molecule has 2 amide bonds. The van der Waals surface area contributed by atoms with Gasteiger partial charge in [0.2, 0.25) is 0 Å². The molecule has 0 fully saturated rings. The fourth-order valence-corrected chi connectivity index (χ4v) is 4.49. The second kappa shape index (κ2) is 9.54. The van der Waals surface area contributed by atoms with Crippen molar-refractivity contribution >= 4 is 34.1 Å². The van der Waals surface area contributed by atoms with E-state index in [2.05, 4.69) is 20.8 Å². The summed E-state index contributed by atoms with van der Waals surface area (Å²) in [5.41, 5.74) is 7.75. The zero-order chi connectivity index (χ0) is 24.4. The minimum absolute atomic E-state index is 0.276. The molecule has 0 spiro atoms. The number of aryl methyl sites for hydroxylation is 2. The largest absolute Gasteiger partial charge is 0.455 e. The van der Waals surface area contributed by atoms with Crippen molar-refractivity contribution in [2.45, 2.75) is 39.5 Å². The van der Waals surface area contributed by atoms with E-state index in [-0.39, 0.29) is 17.6 Å². The Morgan fingerprint density at radius 3 is 2.66 bits per heavy atom. The molecule has 7 heteroatoms. The maximum Gasteiger partial charge on any atom is 0.291 e. The first-order chi connectivity index (χ1) is 17.0. The van der Waals surface area contributed by atoms with Gasteiger partial charge in [-0.2, -0.15) is 5.10 Å². The van der Waals surface area contributed by atoms with Gasteiger partial charge >= 0.3 is 0 Å². The first kappa shape index (κ1) is 22.5. The zero-order valence-corrected chi connectivity index (χ0v) is 19.7. The van der Waals surface area contributed by atoms with Crippen LogP contribution in [0.15, 0.2) is 70.2 Å². The molecule has 5 rings (SSSR count). The van der Waals surface area contributed by atoms with Crippen LogP contribution in [-0.4, -0.2) is 22.5 Å². The monoisotopic (exact) mass is 466 g/mol. The molecular weight excluding hydrogens is 440 g/mol. The Balaban J connectivity index is 1.38. The standard InChI is InChI=1S/C28H26N4O3/c1-3-18-9-4-6-11-20(18)30-28(34)26-17(2)25-22(13-8-14-24(25)35-26)31-32-27(33)23-16-15-19-10-5-7-12-21(19)29-23/h4-7,9-12,15-16H,3,8,13-14H2,1-2H3,(H,30,34)(H,32,33)/b31-22+. The summed E-state index contributed by atoms with van der Waals surface area (Å²) in [4.78, 5) is 30.2. The molecule has 0 radical (unpaired) electrons. The molecule has 2 N–H and O–H groups in total. The molecular formula is C28H26N4O3. The molecule has 0 aliphatic heterocycles. The highest BCUT2D eigenvalue weighted by Crippen LogP contribution is 2.30. The molecule has 2 aromatic heterocycles. The van der Waals surface area contributed by atoms with E-state index in [1.807, 2.05) is 68.4 Å². The number of amides is 2. The van der Waals surface area contributed by atoms with Crippen LogP contribution in [0.3, 0.4) is 0 Å². The minimum atomic E-state index is -0.384. The third kappa shape index (κ3) is 4.45. The van der Waals surface area contributed by atoms with Crippen LogP contribution in [0.2, 0.25) is 0 Å². The minimum Gasteiger partial charge on any atom is -0.455 e. The number of aromatic nitrogens is 1. The number of hydrogen-bond acceptors (Lipinski definition) is 5. The summed E-state index contributed by atoms with van der Waals surface area (Å²) in [5.74, 6) is 0.324. The van der Waals surface area contributed by atoms with Crippen LogP contribution < -0.4 is 10.7 Å². The lowest BCUT2D eigenvalue weighted by molar-refractivity contribution is 0.0949. The highest BCUT2D eigenvalue weighted by atomic mass is 16.4. The summed E-state index contributed by atoms with van der Waals surface area (Å²) in [5, 5.41) is 8.36. The summed E-state index contributed by atoms with van der Waals surface area (Å²) < 4.78 is 6.00. The van der Waals surface area contributed by atoms with Crippen LogP contribution in [0.5, 0.6) is 0 Å². The van der Waals surface area contributed by atoms with Crippen LogP contribution in [0.25, 0.3) is 10.9 Å². The Morgan fingerprint density at radius 1 is 1.00 bits per heavy atom. The first-order valence-corrected chi connectivity index (χ1v) is 11.8. The normalized spacial score (nSPS) is 14.1. The van der Waals surface area contributed by atoms with Gasteiger partial charge in [0, 0.05) is 28.6 Å². The maximum atomic E-state index is 13.1. The second-order valence-electron chi connectivity index (χ2n) is 8.56. The van der Waals surface area contributed by atoms with Gasteiger partial charge in [0.1, 0.15) is 11.5 Å². The van der Waals surface area contributed by atoms with E-state index in [1.54, 1.807) is 6.07 Å². The molecule has 2 aromatic carbocycles. The van der Waals surface area contributed by atoms with Crippen LogP contribution in [0, 0.1) is 6.92 Å². The van der Waals surface area contributed by atoms with E-state index in [0.29, 0.717) is 24.2 Å². The quantitative estimate of drug-likeness (QED) is 0.384. The van der Waals surface area contributed by atoms with Crippen molar-refractivity contribution in [3.63, 3.8) is 0 Å². The highest BCUT2D eigenvalue weighted by Gasteiger charge is 2.28. The summed E-state index contributed by atoms with van der Waals surface area (Å²) in [7, 11) is 0. The van der Waals surface area contributed by atoms with Crippen molar-refractivity contribution in [2.75, 3.05) is 5.32 Å². The SMILES string of the molecule is CCc1ccccc1NC(=O)c1oc2c(c1C)/C(=N/NC(=O)c1ccc3ccccc3n1)CCC2. The van der Waals surface area contributed by atoms with Gasteiger partial charge in [0.15, 0.2) is 5.76 Å². The molecule has 0 atom stereocenters. The molecule has 176 valence electrons. The fraction of sp³-hybridized carbons (Fsp3) is 0.214. The van der Waals surface area contributed by atoms with Crippen molar-refractivity contribution in [1.82, 2.24) is 10.4 Å². The van der Waals surface area contributed by atoms with E-state index < -0.39 is 0 Å². The van der Waals surface area contributed by atoms with Crippen molar-refractivity contribution < 1.29 is 14.0 Å². The lowest BCUT2D eigenvalue weighted by Gasteiger charge is -2.13. The number of carbonyl (C=O) groups is 2. The van der Waals surface area contributed by atoms with E-state index in [4.69, 9.17) is 4.42 Å². The molecule has 1 aliphatic rings. The number of nitrogens with one attached hydrogen (secondary N) is 2. The number of hydrazone groups is 1. The number of fused-ring (bicyclic) bond motifs is 2. The number of nitrogens with zero attached hydrogens (tertiary/aromatic N) is 2. The third-order valence-corrected chi connectivity index (χ3v) is 6.30. The molecule has 4 aromatic rings. The summed E-state index contributed by atoms with van der Waals surface area (Å²) in [6.07, 6.45) is 3.03. The van der Waals surface area contributed by atoms with Crippen LogP contribution in [-0.2, 0) is 12.8 Å². The van der Waals surface area contributed by atoms with Gasteiger partial charge in [-0.25, -0.2) is 10.4 Å². The molecule has 35 heavy (non-hydrogen) atoms. The number of furan rings is 1. The number of anilines is 1. The molecule has 1 aliphatic carbocycles. The van der Waals surface area contributed by atoms with Crippen molar-refractivity contribution in [2.24, 2.45) is 5.10 Å². The molecule has 0 saturated carbocycles. The molecule has 0 unspecified atom stereocenters. The van der Waals surface area contributed by atoms with Crippen LogP contribution >= 0.6 is 0 Å². The Labute approximate surface area is 203 Å². The summed E-state index contributed by atoms with van der Waals surface area (Å²) in [6.45, 7) is 3.91. The zero-order valence-electron chi connectivity index (χ0n) is 19.7. The Kier molecular flexibility index (Phi) is 6.14. The highest BCUT2D eigenvalue weighted by molar-refractivity contribution is 6.09.